The monoisotopic (exact) mass is 266 g/mol. The number of likely N-dealkylation sites (N-methyl/N-ethyl adjacent to an activating group) is 1. The zero-order valence-corrected chi connectivity index (χ0v) is 12.5. The lowest BCUT2D eigenvalue weighted by molar-refractivity contribution is 0.122. The van der Waals surface area contributed by atoms with E-state index in [1.807, 2.05) is 0 Å². The molecule has 1 saturated carbocycles. The zero-order valence-electron chi connectivity index (χ0n) is 11.6. The Bertz CT molecular complexity index is 330. The van der Waals surface area contributed by atoms with E-state index in [2.05, 4.69) is 35.6 Å². The number of nitrogens with zero attached hydrogens (tertiary/aromatic N) is 1. The van der Waals surface area contributed by atoms with E-state index in [1.165, 1.54) is 31.2 Å². The molecule has 0 aliphatic heterocycles. The molecule has 2 unspecified atom stereocenters. The summed E-state index contributed by atoms with van der Waals surface area (Å²) in [6.45, 7) is 5.59. The second-order valence-electron chi connectivity index (χ2n) is 5.34. The van der Waals surface area contributed by atoms with Crippen molar-refractivity contribution < 1.29 is 0 Å². The van der Waals surface area contributed by atoms with Crippen LogP contribution in [0, 0.1) is 0 Å². The van der Waals surface area contributed by atoms with Gasteiger partial charge in [-0.1, -0.05) is 26.7 Å². The summed E-state index contributed by atoms with van der Waals surface area (Å²) < 4.78 is 0. The standard InChI is InChI=1S/C15H26N2S/c1-3-14(16)15(12-9-10-18-11-12)17(4-2)13-7-5-6-8-13/h9-11,13-15H,3-8,16H2,1-2H3. The molecular formula is C15H26N2S. The summed E-state index contributed by atoms with van der Waals surface area (Å²) in [5.74, 6) is 0. The van der Waals surface area contributed by atoms with E-state index in [9.17, 15) is 0 Å². The lowest BCUT2D eigenvalue weighted by Crippen LogP contribution is -2.45. The minimum Gasteiger partial charge on any atom is -0.326 e. The van der Waals surface area contributed by atoms with Crippen LogP contribution in [0.25, 0.3) is 0 Å². The van der Waals surface area contributed by atoms with E-state index in [4.69, 9.17) is 5.73 Å². The zero-order chi connectivity index (χ0) is 13.0. The van der Waals surface area contributed by atoms with Crippen molar-refractivity contribution in [2.45, 2.75) is 64.1 Å². The van der Waals surface area contributed by atoms with Crippen LogP contribution in [-0.4, -0.2) is 23.5 Å². The first-order chi connectivity index (χ1) is 8.77. The molecular weight excluding hydrogens is 240 g/mol. The van der Waals surface area contributed by atoms with Gasteiger partial charge in [-0.05, 0) is 48.2 Å². The van der Waals surface area contributed by atoms with Crippen LogP contribution in [0.15, 0.2) is 16.8 Å². The van der Waals surface area contributed by atoms with Crippen LogP contribution >= 0.6 is 11.3 Å². The van der Waals surface area contributed by atoms with Crippen LogP contribution in [0.3, 0.4) is 0 Å². The second kappa shape index (κ2) is 6.69. The van der Waals surface area contributed by atoms with Crippen LogP contribution in [0.2, 0.25) is 0 Å². The summed E-state index contributed by atoms with van der Waals surface area (Å²) in [4.78, 5) is 2.66. The van der Waals surface area contributed by atoms with Crippen molar-refractivity contribution in [3.8, 4) is 0 Å². The van der Waals surface area contributed by atoms with E-state index < -0.39 is 0 Å². The van der Waals surface area contributed by atoms with Crippen LogP contribution in [0.5, 0.6) is 0 Å². The van der Waals surface area contributed by atoms with Crippen LogP contribution in [-0.2, 0) is 0 Å². The predicted octanol–water partition coefficient (Wildman–Crippen LogP) is 3.79. The fraction of sp³-hybridized carbons (Fsp3) is 0.733. The summed E-state index contributed by atoms with van der Waals surface area (Å²) in [7, 11) is 0. The van der Waals surface area contributed by atoms with Gasteiger partial charge in [0.1, 0.15) is 0 Å². The highest BCUT2D eigenvalue weighted by Crippen LogP contribution is 2.33. The van der Waals surface area contributed by atoms with Gasteiger partial charge in [-0.2, -0.15) is 11.3 Å². The predicted molar refractivity (Wildman–Crippen MR) is 80.0 cm³/mol. The molecule has 1 aliphatic rings. The highest BCUT2D eigenvalue weighted by Gasteiger charge is 2.31. The van der Waals surface area contributed by atoms with Crippen LogP contribution < -0.4 is 5.73 Å². The molecule has 0 amide bonds. The maximum absolute atomic E-state index is 6.42. The number of hydrogen-bond acceptors (Lipinski definition) is 3. The Morgan fingerprint density at radius 2 is 2.11 bits per heavy atom. The first kappa shape index (κ1) is 14.0. The van der Waals surface area contributed by atoms with E-state index in [1.54, 1.807) is 11.3 Å². The smallest absolute Gasteiger partial charge is 0.0510 e. The van der Waals surface area contributed by atoms with Crippen molar-refractivity contribution in [2.75, 3.05) is 6.54 Å². The lowest BCUT2D eigenvalue weighted by atomic mass is 9.96. The maximum atomic E-state index is 6.42. The third-order valence-electron chi connectivity index (χ3n) is 4.28. The number of thiophene rings is 1. The van der Waals surface area contributed by atoms with Crippen molar-refractivity contribution in [3.63, 3.8) is 0 Å². The molecule has 2 nitrogen and oxygen atoms in total. The Hall–Kier alpha value is -0.380. The number of rotatable bonds is 6. The number of nitrogens with two attached hydrogens (primary N) is 1. The molecule has 1 aliphatic carbocycles. The van der Waals surface area contributed by atoms with Gasteiger partial charge in [0.2, 0.25) is 0 Å². The van der Waals surface area contributed by atoms with Crippen molar-refractivity contribution in [1.82, 2.24) is 4.90 Å². The molecule has 1 fully saturated rings. The Labute approximate surface area is 115 Å². The van der Waals surface area contributed by atoms with E-state index in [0.717, 1.165) is 19.0 Å². The van der Waals surface area contributed by atoms with Crippen molar-refractivity contribution in [1.29, 1.82) is 0 Å². The molecule has 2 atom stereocenters. The fourth-order valence-electron chi connectivity index (χ4n) is 3.27. The Kier molecular flexibility index (Phi) is 5.22. The number of hydrogen-bond donors (Lipinski definition) is 1. The normalized spacial score (nSPS) is 20.4. The first-order valence-corrected chi connectivity index (χ1v) is 8.25. The first-order valence-electron chi connectivity index (χ1n) is 7.31. The van der Waals surface area contributed by atoms with Crippen LogP contribution in [0.4, 0.5) is 0 Å². The average Bonchev–Trinajstić information content (AvgIpc) is 3.07. The molecule has 0 aromatic carbocycles. The summed E-state index contributed by atoms with van der Waals surface area (Å²) in [5, 5.41) is 4.45. The third-order valence-corrected chi connectivity index (χ3v) is 4.98. The molecule has 18 heavy (non-hydrogen) atoms. The molecule has 0 bridgehead atoms. The van der Waals surface area contributed by atoms with Gasteiger partial charge in [-0.3, -0.25) is 4.90 Å². The minimum absolute atomic E-state index is 0.250. The van der Waals surface area contributed by atoms with E-state index in [-0.39, 0.29) is 6.04 Å². The van der Waals surface area contributed by atoms with Gasteiger partial charge in [0, 0.05) is 12.1 Å². The quantitative estimate of drug-likeness (QED) is 0.849. The second-order valence-corrected chi connectivity index (χ2v) is 6.12. The highest BCUT2D eigenvalue weighted by molar-refractivity contribution is 7.07. The van der Waals surface area contributed by atoms with Gasteiger partial charge in [-0.25, -0.2) is 0 Å². The topological polar surface area (TPSA) is 29.3 Å². The molecule has 0 radical (unpaired) electrons. The third kappa shape index (κ3) is 2.95. The van der Waals surface area contributed by atoms with Gasteiger partial charge in [0.05, 0.1) is 6.04 Å². The molecule has 0 spiro atoms. The largest absolute Gasteiger partial charge is 0.326 e. The molecule has 3 heteroatoms. The molecule has 2 rings (SSSR count). The van der Waals surface area contributed by atoms with Crippen molar-refractivity contribution in [3.05, 3.63) is 22.4 Å². The lowest BCUT2D eigenvalue weighted by Gasteiger charge is -2.38. The minimum atomic E-state index is 0.250. The summed E-state index contributed by atoms with van der Waals surface area (Å²) >= 11 is 1.78. The summed E-state index contributed by atoms with van der Waals surface area (Å²) in [5.41, 5.74) is 7.84. The molecule has 1 aromatic heterocycles. The maximum Gasteiger partial charge on any atom is 0.0510 e. The molecule has 1 heterocycles. The van der Waals surface area contributed by atoms with Crippen molar-refractivity contribution >= 4 is 11.3 Å². The highest BCUT2D eigenvalue weighted by atomic mass is 32.1. The summed E-state index contributed by atoms with van der Waals surface area (Å²) in [6, 6.07) is 3.66. The van der Waals surface area contributed by atoms with E-state index in [0.29, 0.717) is 6.04 Å². The molecule has 102 valence electrons. The Morgan fingerprint density at radius 3 is 2.61 bits per heavy atom. The Balaban J connectivity index is 2.20. The SMILES string of the molecule is CCC(N)C(c1ccsc1)N(CC)C1CCCC1. The molecule has 0 saturated heterocycles. The molecule has 1 aromatic rings. The summed E-state index contributed by atoms with van der Waals surface area (Å²) in [6.07, 6.45) is 6.53. The van der Waals surface area contributed by atoms with Crippen LogP contribution in [0.1, 0.15) is 57.6 Å². The fourth-order valence-corrected chi connectivity index (χ4v) is 3.96. The van der Waals surface area contributed by atoms with Crippen molar-refractivity contribution in [2.24, 2.45) is 5.73 Å². The van der Waals surface area contributed by atoms with E-state index >= 15 is 0 Å². The van der Waals surface area contributed by atoms with Gasteiger partial charge >= 0.3 is 0 Å². The average molecular weight is 266 g/mol. The van der Waals surface area contributed by atoms with Gasteiger partial charge < -0.3 is 5.73 Å². The van der Waals surface area contributed by atoms with Gasteiger partial charge in [0.15, 0.2) is 0 Å². The van der Waals surface area contributed by atoms with Gasteiger partial charge in [0.25, 0.3) is 0 Å². The Morgan fingerprint density at radius 1 is 1.39 bits per heavy atom. The molecule has 2 N–H and O–H groups in total. The van der Waals surface area contributed by atoms with Gasteiger partial charge in [-0.15, -0.1) is 0 Å².